The number of esters is 2. The van der Waals surface area contributed by atoms with Gasteiger partial charge in [-0.2, -0.15) is 0 Å². The molecule has 2 aliphatic carbocycles. The lowest BCUT2D eigenvalue weighted by Crippen LogP contribution is -2.28. The van der Waals surface area contributed by atoms with E-state index in [0.29, 0.717) is 6.42 Å². The van der Waals surface area contributed by atoms with Crippen molar-refractivity contribution in [1.82, 2.24) is 0 Å². The van der Waals surface area contributed by atoms with Crippen LogP contribution in [-0.2, 0) is 14.3 Å². The van der Waals surface area contributed by atoms with Crippen LogP contribution in [0.5, 0.6) is 0 Å². The van der Waals surface area contributed by atoms with E-state index in [0.717, 1.165) is 6.42 Å². The third kappa shape index (κ3) is 0.870. The fourth-order valence-electron chi connectivity index (χ4n) is 2.69. The highest BCUT2D eigenvalue weighted by Gasteiger charge is 2.50. The molecule has 0 aromatic heterocycles. The minimum absolute atomic E-state index is 0.202. The fourth-order valence-corrected chi connectivity index (χ4v) is 2.69. The second-order valence-electron chi connectivity index (χ2n) is 4.06. The molecule has 3 rings (SSSR count). The number of cyclic esters (lactones) is 2. The van der Waals surface area contributed by atoms with Crippen LogP contribution in [0.15, 0.2) is 23.8 Å². The summed E-state index contributed by atoms with van der Waals surface area (Å²) >= 11 is 0. The minimum atomic E-state index is -0.331. The van der Waals surface area contributed by atoms with Gasteiger partial charge in [0.25, 0.3) is 0 Å². The molecule has 0 spiro atoms. The Bertz CT molecular complexity index is 378. The number of allylic oxidation sites excluding steroid dienone is 4. The zero-order valence-corrected chi connectivity index (χ0v) is 7.60. The molecule has 3 atom stereocenters. The molecule has 0 N–H and O–H groups in total. The number of hydrogen-bond donors (Lipinski definition) is 0. The summed E-state index contributed by atoms with van der Waals surface area (Å²) in [5.41, 5.74) is 1.21. The number of hydrogen-bond acceptors (Lipinski definition) is 3. The van der Waals surface area contributed by atoms with Crippen LogP contribution < -0.4 is 0 Å². The van der Waals surface area contributed by atoms with E-state index in [-0.39, 0.29) is 29.7 Å². The monoisotopic (exact) mass is 190 g/mol. The molecule has 0 radical (unpaired) electrons. The zero-order chi connectivity index (χ0) is 9.71. The van der Waals surface area contributed by atoms with E-state index >= 15 is 0 Å². The highest BCUT2D eigenvalue weighted by molar-refractivity contribution is 5.97. The van der Waals surface area contributed by atoms with Gasteiger partial charge in [-0.05, 0) is 18.4 Å². The molecule has 0 saturated carbocycles. The van der Waals surface area contributed by atoms with Crippen molar-refractivity contribution in [3.05, 3.63) is 23.8 Å². The Labute approximate surface area is 81.4 Å². The first-order chi connectivity index (χ1) is 6.77. The van der Waals surface area contributed by atoms with Crippen molar-refractivity contribution in [3.8, 4) is 0 Å². The summed E-state index contributed by atoms with van der Waals surface area (Å²) in [6.45, 7) is 0. The van der Waals surface area contributed by atoms with Crippen molar-refractivity contribution in [2.45, 2.75) is 12.8 Å². The normalized spacial score (nSPS) is 39.1. The van der Waals surface area contributed by atoms with Crippen LogP contribution in [0, 0.1) is 17.8 Å². The molecule has 1 saturated heterocycles. The summed E-state index contributed by atoms with van der Waals surface area (Å²) in [7, 11) is 0. The molecule has 3 aliphatic rings. The predicted octanol–water partition coefficient (Wildman–Crippen LogP) is 1.21. The van der Waals surface area contributed by atoms with E-state index < -0.39 is 0 Å². The quantitative estimate of drug-likeness (QED) is 0.426. The summed E-state index contributed by atoms with van der Waals surface area (Å²) in [5.74, 6) is -0.872. The molecule has 0 bridgehead atoms. The molecule has 0 amide bonds. The number of rotatable bonds is 0. The third-order valence-electron chi connectivity index (χ3n) is 3.38. The van der Waals surface area contributed by atoms with Crippen LogP contribution >= 0.6 is 0 Å². The van der Waals surface area contributed by atoms with Crippen molar-refractivity contribution in [1.29, 1.82) is 0 Å². The maximum atomic E-state index is 11.5. The molecule has 0 aromatic carbocycles. The Morgan fingerprint density at radius 1 is 1.14 bits per heavy atom. The van der Waals surface area contributed by atoms with Gasteiger partial charge in [-0.1, -0.05) is 18.2 Å². The summed E-state index contributed by atoms with van der Waals surface area (Å²) in [6.07, 6.45) is 7.71. The summed E-state index contributed by atoms with van der Waals surface area (Å²) in [5, 5.41) is 0. The molecule has 1 heterocycles. The van der Waals surface area contributed by atoms with Crippen LogP contribution in [-0.4, -0.2) is 11.9 Å². The van der Waals surface area contributed by atoms with E-state index in [1.165, 1.54) is 5.57 Å². The molecule has 72 valence electrons. The Balaban J connectivity index is 2.01. The minimum Gasteiger partial charge on any atom is -0.393 e. The van der Waals surface area contributed by atoms with Gasteiger partial charge in [-0.15, -0.1) is 0 Å². The Hall–Kier alpha value is -1.38. The lowest BCUT2D eigenvalue weighted by Gasteiger charge is -2.25. The average molecular weight is 190 g/mol. The maximum Gasteiger partial charge on any atom is 0.318 e. The number of fused-ring (bicyclic) bond motifs is 3. The molecule has 0 aromatic rings. The Morgan fingerprint density at radius 3 is 2.86 bits per heavy atom. The third-order valence-corrected chi connectivity index (χ3v) is 3.38. The van der Waals surface area contributed by atoms with E-state index in [2.05, 4.69) is 23.0 Å². The second-order valence-corrected chi connectivity index (χ2v) is 4.06. The van der Waals surface area contributed by atoms with Crippen LogP contribution in [0.25, 0.3) is 0 Å². The van der Waals surface area contributed by atoms with E-state index in [4.69, 9.17) is 0 Å². The van der Waals surface area contributed by atoms with Gasteiger partial charge >= 0.3 is 11.9 Å². The first-order valence-corrected chi connectivity index (χ1v) is 4.89. The van der Waals surface area contributed by atoms with Gasteiger partial charge in [0.2, 0.25) is 0 Å². The Morgan fingerprint density at radius 2 is 2.00 bits per heavy atom. The lowest BCUT2D eigenvalue weighted by molar-refractivity contribution is -0.154. The van der Waals surface area contributed by atoms with Crippen LogP contribution in [0.2, 0.25) is 0 Å². The van der Waals surface area contributed by atoms with Crippen molar-refractivity contribution < 1.29 is 14.3 Å². The van der Waals surface area contributed by atoms with Gasteiger partial charge in [0.15, 0.2) is 0 Å². The van der Waals surface area contributed by atoms with Crippen molar-refractivity contribution in [2.75, 3.05) is 0 Å². The number of ether oxygens (including phenoxy) is 1. The molecular formula is C11H10O3. The molecule has 3 nitrogen and oxygen atoms in total. The van der Waals surface area contributed by atoms with Crippen LogP contribution in [0.3, 0.4) is 0 Å². The van der Waals surface area contributed by atoms with Gasteiger partial charge in [-0.3, -0.25) is 9.59 Å². The largest absolute Gasteiger partial charge is 0.393 e. The van der Waals surface area contributed by atoms with Gasteiger partial charge < -0.3 is 4.74 Å². The molecule has 1 unspecified atom stereocenters. The molecule has 3 heteroatoms. The summed E-state index contributed by atoms with van der Waals surface area (Å²) < 4.78 is 4.68. The van der Waals surface area contributed by atoms with E-state index in [1.54, 1.807) is 0 Å². The van der Waals surface area contributed by atoms with Crippen molar-refractivity contribution in [2.24, 2.45) is 17.8 Å². The highest BCUT2D eigenvalue weighted by atomic mass is 16.6. The first kappa shape index (κ1) is 7.97. The molecule has 1 fully saturated rings. The highest BCUT2D eigenvalue weighted by Crippen LogP contribution is 2.44. The van der Waals surface area contributed by atoms with Gasteiger partial charge in [-0.25, -0.2) is 0 Å². The van der Waals surface area contributed by atoms with Gasteiger partial charge in [0.05, 0.1) is 11.8 Å². The molecular weight excluding hydrogens is 180 g/mol. The van der Waals surface area contributed by atoms with Crippen molar-refractivity contribution >= 4 is 11.9 Å². The summed E-state index contributed by atoms with van der Waals surface area (Å²) in [4.78, 5) is 22.8. The summed E-state index contributed by atoms with van der Waals surface area (Å²) in [6, 6.07) is 0. The SMILES string of the molecule is O=C1OC(=O)[C@@H]2C3CC=CC3=CC[C@H]12. The second kappa shape index (κ2) is 2.56. The first-order valence-electron chi connectivity index (χ1n) is 4.89. The van der Waals surface area contributed by atoms with Gasteiger partial charge in [0.1, 0.15) is 0 Å². The lowest BCUT2D eigenvalue weighted by atomic mass is 9.74. The predicted molar refractivity (Wildman–Crippen MR) is 48.0 cm³/mol. The van der Waals surface area contributed by atoms with E-state index in [1.807, 2.05) is 0 Å². The Kier molecular flexibility index (Phi) is 1.46. The zero-order valence-electron chi connectivity index (χ0n) is 7.60. The average Bonchev–Trinajstić information content (AvgIpc) is 2.71. The number of carbonyl (C=O) groups excluding carboxylic acids is 2. The van der Waals surface area contributed by atoms with Crippen molar-refractivity contribution in [3.63, 3.8) is 0 Å². The standard InChI is InChI=1S/C11H10O3/c12-10-8-5-4-6-2-1-3-7(6)9(8)11(13)14-10/h1-2,4,7-9H,3,5H2/t7?,8-,9+/m0/s1. The molecule has 1 aliphatic heterocycles. The fraction of sp³-hybridized carbons (Fsp3) is 0.455. The van der Waals surface area contributed by atoms with Crippen LogP contribution in [0.4, 0.5) is 0 Å². The smallest absolute Gasteiger partial charge is 0.318 e. The molecule has 14 heavy (non-hydrogen) atoms. The van der Waals surface area contributed by atoms with Gasteiger partial charge in [0, 0.05) is 5.92 Å². The topological polar surface area (TPSA) is 43.4 Å². The number of carbonyl (C=O) groups is 2. The van der Waals surface area contributed by atoms with Crippen LogP contribution in [0.1, 0.15) is 12.8 Å². The maximum absolute atomic E-state index is 11.5. The van der Waals surface area contributed by atoms with E-state index in [9.17, 15) is 9.59 Å².